The first-order valence-electron chi connectivity index (χ1n) is 5.98. The van der Waals surface area contributed by atoms with E-state index in [1.165, 1.54) is 0 Å². The molecule has 0 unspecified atom stereocenters. The minimum Gasteiger partial charge on any atom is -0.497 e. The van der Waals surface area contributed by atoms with Crippen molar-refractivity contribution in [1.82, 2.24) is 10.6 Å². The third kappa shape index (κ3) is 2.73. The molecule has 0 radical (unpaired) electrons. The maximum atomic E-state index is 12.2. The third-order valence-electron chi connectivity index (χ3n) is 3.05. The highest BCUT2D eigenvalue weighted by Gasteiger charge is 2.20. The van der Waals surface area contributed by atoms with Crippen LogP contribution in [0.5, 0.6) is 11.5 Å². The Morgan fingerprint density at radius 2 is 2.22 bits per heavy atom. The van der Waals surface area contributed by atoms with Crippen molar-refractivity contribution in [2.75, 3.05) is 27.3 Å². The normalized spacial score (nSPS) is 18.4. The molecule has 1 aromatic rings. The van der Waals surface area contributed by atoms with Gasteiger partial charge >= 0.3 is 0 Å². The smallest absolute Gasteiger partial charge is 0.255 e. The predicted molar refractivity (Wildman–Crippen MR) is 68.3 cm³/mol. The fraction of sp³-hybridized carbons (Fsp3) is 0.462. The Hall–Kier alpha value is -1.75. The van der Waals surface area contributed by atoms with Gasteiger partial charge in [0, 0.05) is 12.6 Å². The van der Waals surface area contributed by atoms with Crippen LogP contribution in [0.15, 0.2) is 18.2 Å². The first kappa shape index (κ1) is 12.7. The molecular weight excluding hydrogens is 232 g/mol. The summed E-state index contributed by atoms with van der Waals surface area (Å²) in [7, 11) is 3.13. The molecule has 98 valence electrons. The van der Waals surface area contributed by atoms with E-state index in [0.29, 0.717) is 17.1 Å². The van der Waals surface area contributed by atoms with Crippen LogP contribution < -0.4 is 20.1 Å². The van der Waals surface area contributed by atoms with E-state index in [-0.39, 0.29) is 11.9 Å². The number of rotatable bonds is 4. The maximum absolute atomic E-state index is 12.2. The molecule has 1 aromatic carbocycles. The van der Waals surface area contributed by atoms with Crippen LogP contribution in [-0.4, -0.2) is 39.3 Å². The Bertz CT molecular complexity index is 428. The van der Waals surface area contributed by atoms with Crippen LogP contribution in [0.1, 0.15) is 16.8 Å². The van der Waals surface area contributed by atoms with Gasteiger partial charge in [0.15, 0.2) is 0 Å². The first-order valence-corrected chi connectivity index (χ1v) is 5.98. The SMILES string of the molecule is COc1ccc(OC)c(C(=O)N[C@H]2CCNC2)c1. The Labute approximate surface area is 106 Å². The quantitative estimate of drug-likeness (QED) is 0.829. The van der Waals surface area contributed by atoms with Crippen LogP contribution in [0.25, 0.3) is 0 Å². The van der Waals surface area contributed by atoms with Crippen LogP contribution in [-0.2, 0) is 0 Å². The van der Waals surface area contributed by atoms with E-state index >= 15 is 0 Å². The number of hydrogen-bond donors (Lipinski definition) is 2. The monoisotopic (exact) mass is 250 g/mol. The zero-order valence-corrected chi connectivity index (χ0v) is 10.7. The average Bonchev–Trinajstić information content (AvgIpc) is 2.90. The van der Waals surface area contributed by atoms with Crippen molar-refractivity contribution < 1.29 is 14.3 Å². The standard InChI is InChI=1S/C13H18N2O3/c1-17-10-3-4-12(18-2)11(7-10)13(16)15-9-5-6-14-8-9/h3-4,7,9,14H,5-6,8H2,1-2H3,(H,15,16)/t9-/m0/s1. The summed E-state index contributed by atoms with van der Waals surface area (Å²) in [4.78, 5) is 12.2. The van der Waals surface area contributed by atoms with Crippen molar-refractivity contribution >= 4 is 5.91 Å². The van der Waals surface area contributed by atoms with Gasteiger partial charge in [-0.15, -0.1) is 0 Å². The molecule has 2 rings (SSSR count). The molecule has 1 aliphatic rings. The summed E-state index contributed by atoms with van der Waals surface area (Å²) in [5.74, 6) is 1.07. The molecular formula is C13H18N2O3. The van der Waals surface area contributed by atoms with E-state index < -0.39 is 0 Å². The van der Waals surface area contributed by atoms with Crippen molar-refractivity contribution in [2.24, 2.45) is 0 Å². The van der Waals surface area contributed by atoms with E-state index in [1.807, 2.05) is 0 Å². The van der Waals surface area contributed by atoms with Gasteiger partial charge in [0.05, 0.1) is 19.8 Å². The second-order valence-electron chi connectivity index (χ2n) is 4.23. The summed E-state index contributed by atoms with van der Waals surface area (Å²) in [6, 6.07) is 5.39. The van der Waals surface area contributed by atoms with Crippen molar-refractivity contribution in [1.29, 1.82) is 0 Å². The van der Waals surface area contributed by atoms with Gasteiger partial charge in [-0.2, -0.15) is 0 Å². The number of ether oxygens (including phenoxy) is 2. The van der Waals surface area contributed by atoms with Crippen molar-refractivity contribution in [2.45, 2.75) is 12.5 Å². The number of nitrogens with one attached hydrogen (secondary N) is 2. The number of hydrogen-bond acceptors (Lipinski definition) is 4. The van der Waals surface area contributed by atoms with Crippen LogP contribution >= 0.6 is 0 Å². The lowest BCUT2D eigenvalue weighted by molar-refractivity contribution is 0.0936. The number of carbonyl (C=O) groups is 1. The zero-order chi connectivity index (χ0) is 13.0. The van der Waals surface area contributed by atoms with Gasteiger partial charge in [0.1, 0.15) is 11.5 Å². The summed E-state index contributed by atoms with van der Waals surface area (Å²) in [5.41, 5.74) is 0.503. The van der Waals surface area contributed by atoms with Gasteiger partial charge in [-0.05, 0) is 31.2 Å². The summed E-state index contributed by atoms with van der Waals surface area (Å²) in [6.45, 7) is 1.76. The molecule has 0 aromatic heterocycles. The highest BCUT2D eigenvalue weighted by Crippen LogP contribution is 2.24. The van der Waals surface area contributed by atoms with Crippen molar-refractivity contribution in [3.63, 3.8) is 0 Å². The van der Waals surface area contributed by atoms with E-state index in [1.54, 1.807) is 32.4 Å². The summed E-state index contributed by atoms with van der Waals surface area (Å²) in [6.07, 6.45) is 0.956. The molecule has 1 fully saturated rings. The number of amides is 1. The van der Waals surface area contributed by atoms with E-state index in [9.17, 15) is 4.79 Å². The Morgan fingerprint density at radius 3 is 2.83 bits per heavy atom. The van der Waals surface area contributed by atoms with Crippen LogP contribution in [0.3, 0.4) is 0 Å². The Kier molecular flexibility index (Phi) is 4.04. The molecule has 2 N–H and O–H groups in total. The van der Waals surface area contributed by atoms with Crippen LogP contribution in [0.4, 0.5) is 0 Å². The van der Waals surface area contributed by atoms with E-state index in [2.05, 4.69) is 10.6 Å². The predicted octanol–water partition coefficient (Wildman–Crippen LogP) is 0.795. The Balaban J connectivity index is 2.16. The molecule has 1 aliphatic heterocycles. The second kappa shape index (κ2) is 5.73. The zero-order valence-electron chi connectivity index (χ0n) is 10.7. The number of methoxy groups -OCH3 is 2. The van der Waals surface area contributed by atoms with Gasteiger partial charge in [-0.1, -0.05) is 0 Å². The molecule has 1 saturated heterocycles. The fourth-order valence-electron chi connectivity index (χ4n) is 2.03. The fourth-order valence-corrected chi connectivity index (χ4v) is 2.03. The highest BCUT2D eigenvalue weighted by molar-refractivity contribution is 5.97. The molecule has 1 amide bonds. The average molecular weight is 250 g/mol. The van der Waals surface area contributed by atoms with Gasteiger partial charge in [0.2, 0.25) is 0 Å². The van der Waals surface area contributed by atoms with Gasteiger partial charge in [0.25, 0.3) is 5.91 Å². The first-order chi connectivity index (χ1) is 8.74. The third-order valence-corrected chi connectivity index (χ3v) is 3.05. The van der Waals surface area contributed by atoms with E-state index in [4.69, 9.17) is 9.47 Å². The lowest BCUT2D eigenvalue weighted by Gasteiger charge is -2.14. The van der Waals surface area contributed by atoms with Gasteiger partial charge in [-0.25, -0.2) is 0 Å². The maximum Gasteiger partial charge on any atom is 0.255 e. The molecule has 1 heterocycles. The summed E-state index contributed by atoms with van der Waals surface area (Å²) in [5, 5.41) is 6.19. The molecule has 5 heteroatoms. The summed E-state index contributed by atoms with van der Waals surface area (Å²) < 4.78 is 10.3. The minimum atomic E-state index is -0.126. The lowest BCUT2D eigenvalue weighted by atomic mass is 10.1. The van der Waals surface area contributed by atoms with Gasteiger partial charge in [-0.3, -0.25) is 4.79 Å². The Morgan fingerprint density at radius 1 is 1.39 bits per heavy atom. The molecule has 18 heavy (non-hydrogen) atoms. The van der Waals surface area contributed by atoms with Gasteiger partial charge < -0.3 is 20.1 Å². The van der Waals surface area contributed by atoms with Crippen LogP contribution in [0.2, 0.25) is 0 Å². The molecule has 1 atom stereocenters. The summed E-state index contributed by atoms with van der Waals surface area (Å²) >= 11 is 0. The lowest BCUT2D eigenvalue weighted by Crippen LogP contribution is -2.36. The topological polar surface area (TPSA) is 59.6 Å². The molecule has 0 spiro atoms. The minimum absolute atomic E-state index is 0.126. The molecule has 0 bridgehead atoms. The van der Waals surface area contributed by atoms with Crippen molar-refractivity contribution in [3.05, 3.63) is 23.8 Å². The highest BCUT2D eigenvalue weighted by atomic mass is 16.5. The molecule has 5 nitrogen and oxygen atoms in total. The molecule has 0 aliphatic carbocycles. The number of benzene rings is 1. The number of carbonyl (C=O) groups excluding carboxylic acids is 1. The largest absolute Gasteiger partial charge is 0.497 e. The van der Waals surface area contributed by atoms with E-state index in [0.717, 1.165) is 19.5 Å². The second-order valence-corrected chi connectivity index (χ2v) is 4.23. The van der Waals surface area contributed by atoms with Crippen molar-refractivity contribution in [3.8, 4) is 11.5 Å². The molecule has 0 saturated carbocycles. The van der Waals surface area contributed by atoms with Crippen LogP contribution in [0, 0.1) is 0 Å².